The zero-order chi connectivity index (χ0) is 14.0. The zero-order valence-electron chi connectivity index (χ0n) is 10.6. The van der Waals surface area contributed by atoms with E-state index in [-0.39, 0.29) is 12.1 Å². The predicted octanol–water partition coefficient (Wildman–Crippen LogP) is 4.73. The molecule has 0 fully saturated rings. The van der Waals surface area contributed by atoms with Gasteiger partial charge in [0, 0.05) is 6.04 Å². The minimum Gasteiger partial charge on any atom is -0.453 e. The second-order valence-electron chi connectivity index (χ2n) is 4.43. The number of nitrogens with one attached hydrogen (secondary N) is 1. The number of rotatable bonds is 4. The van der Waals surface area contributed by atoms with Crippen molar-refractivity contribution < 1.29 is 13.2 Å². The van der Waals surface area contributed by atoms with Gasteiger partial charge in [0.05, 0.1) is 6.04 Å². The van der Waals surface area contributed by atoms with Crippen LogP contribution in [0, 0.1) is 11.6 Å². The highest BCUT2D eigenvalue weighted by Gasteiger charge is 2.15. The van der Waals surface area contributed by atoms with Gasteiger partial charge in [-0.25, -0.2) is 8.78 Å². The van der Waals surface area contributed by atoms with Crippen LogP contribution in [-0.2, 0) is 0 Å². The SMILES string of the molecule is CC(NC(C)c1ccc(Br)o1)c1ccc(F)c(F)c1. The minimum absolute atomic E-state index is 0.0329. The summed E-state index contributed by atoms with van der Waals surface area (Å²) in [7, 11) is 0. The number of furan rings is 1. The van der Waals surface area contributed by atoms with Gasteiger partial charge in [-0.2, -0.15) is 0 Å². The van der Waals surface area contributed by atoms with Crippen molar-refractivity contribution in [1.29, 1.82) is 0 Å². The van der Waals surface area contributed by atoms with E-state index in [2.05, 4.69) is 21.2 Å². The van der Waals surface area contributed by atoms with Crippen LogP contribution < -0.4 is 5.32 Å². The highest BCUT2D eigenvalue weighted by molar-refractivity contribution is 9.10. The van der Waals surface area contributed by atoms with Crippen LogP contribution in [0.5, 0.6) is 0 Å². The van der Waals surface area contributed by atoms with Gasteiger partial charge in [-0.05, 0) is 59.6 Å². The van der Waals surface area contributed by atoms with E-state index in [0.29, 0.717) is 10.2 Å². The first kappa shape index (κ1) is 14.2. The van der Waals surface area contributed by atoms with Crippen molar-refractivity contribution in [2.24, 2.45) is 0 Å². The fourth-order valence-corrected chi connectivity index (χ4v) is 2.22. The zero-order valence-corrected chi connectivity index (χ0v) is 12.2. The maximum Gasteiger partial charge on any atom is 0.169 e. The summed E-state index contributed by atoms with van der Waals surface area (Å²) < 4.78 is 32.2. The van der Waals surface area contributed by atoms with Gasteiger partial charge in [0.15, 0.2) is 16.3 Å². The molecule has 0 amide bonds. The molecule has 2 rings (SSSR count). The molecule has 19 heavy (non-hydrogen) atoms. The second-order valence-corrected chi connectivity index (χ2v) is 5.21. The van der Waals surface area contributed by atoms with E-state index in [1.807, 2.05) is 26.0 Å². The Hall–Kier alpha value is -1.20. The molecule has 0 spiro atoms. The molecule has 1 N–H and O–H groups in total. The molecule has 0 saturated carbocycles. The van der Waals surface area contributed by atoms with Crippen molar-refractivity contribution in [2.75, 3.05) is 0 Å². The fourth-order valence-electron chi connectivity index (χ4n) is 1.90. The summed E-state index contributed by atoms with van der Waals surface area (Å²) in [5.41, 5.74) is 0.691. The van der Waals surface area contributed by atoms with Crippen molar-refractivity contribution in [1.82, 2.24) is 5.32 Å². The average molecular weight is 330 g/mol. The third-order valence-electron chi connectivity index (χ3n) is 2.96. The van der Waals surface area contributed by atoms with Crippen molar-refractivity contribution >= 4 is 15.9 Å². The van der Waals surface area contributed by atoms with Crippen molar-refractivity contribution in [2.45, 2.75) is 25.9 Å². The maximum absolute atomic E-state index is 13.2. The van der Waals surface area contributed by atoms with Gasteiger partial charge in [-0.1, -0.05) is 6.07 Å². The lowest BCUT2D eigenvalue weighted by Gasteiger charge is -2.19. The van der Waals surface area contributed by atoms with Crippen LogP contribution in [0.2, 0.25) is 0 Å². The van der Waals surface area contributed by atoms with Gasteiger partial charge < -0.3 is 9.73 Å². The Balaban J connectivity index is 2.07. The van der Waals surface area contributed by atoms with E-state index in [1.54, 1.807) is 6.07 Å². The molecule has 2 unspecified atom stereocenters. The first-order valence-electron chi connectivity index (χ1n) is 5.93. The Kier molecular flexibility index (Phi) is 4.37. The van der Waals surface area contributed by atoms with Crippen LogP contribution in [0.1, 0.15) is 37.3 Å². The Morgan fingerprint density at radius 1 is 1.05 bits per heavy atom. The quantitative estimate of drug-likeness (QED) is 0.877. The van der Waals surface area contributed by atoms with E-state index < -0.39 is 11.6 Å². The van der Waals surface area contributed by atoms with Crippen molar-refractivity contribution in [3.63, 3.8) is 0 Å². The fraction of sp³-hybridized carbons (Fsp3) is 0.286. The maximum atomic E-state index is 13.2. The predicted molar refractivity (Wildman–Crippen MR) is 72.7 cm³/mol. The minimum atomic E-state index is -0.834. The molecule has 1 heterocycles. The van der Waals surface area contributed by atoms with Crippen LogP contribution in [0.4, 0.5) is 8.78 Å². The monoisotopic (exact) mass is 329 g/mol. The van der Waals surface area contributed by atoms with Gasteiger partial charge in [0.1, 0.15) is 5.76 Å². The molecule has 2 aromatic rings. The number of halogens is 3. The summed E-state index contributed by atoms with van der Waals surface area (Å²) >= 11 is 3.24. The number of hydrogen-bond acceptors (Lipinski definition) is 2. The molecule has 0 saturated heterocycles. The summed E-state index contributed by atoms with van der Waals surface area (Å²) in [6, 6.07) is 7.44. The van der Waals surface area contributed by atoms with E-state index in [4.69, 9.17) is 4.42 Å². The van der Waals surface area contributed by atoms with Crippen LogP contribution in [0.15, 0.2) is 39.4 Å². The van der Waals surface area contributed by atoms with Gasteiger partial charge in [0.2, 0.25) is 0 Å². The second kappa shape index (κ2) is 5.84. The average Bonchev–Trinajstić information content (AvgIpc) is 2.79. The summed E-state index contributed by atoms with van der Waals surface area (Å²) in [4.78, 5) is 0. The Labute approximate surface area is 118 Å². The normalized spacial score (nSPS) is 14.4. The van der Waals surface area contributed by atoms with E-state index in [9.17, 15) is 8.78 Å². The van der Waals surface area contributed by atoms with E-state index in [1.165, 1.54) is 6.07 Å². The highest BCUT2D eigenvalue weighted by Crippen LogP contribution is 2.24. The van der Waals surface area contributed by atoms with Crippen LogP contribution >= 0.6 is 15.9 Å². The van der Waals surface area contributed by atoms with Gasteiger partial charge >= 0.3 is 0 Å². The molecule has 0 bridgehead atoms. The molecular weight excluding hydrogens is 316 g/mol. The summed E-state index contributed by atoms with van der Waals surface area (Å²) in [6.45, 7) is 3.84. The lowest BCUT2D eigenvalue weighted by Crippen LogP contribution is -2.22. The van der Waals surface area contributed by atoms with Crippen LogP contribution in [-0.4, -0.2) is 0 Å². The number of benzene rings is 1. The third-order valence-corrected chi connectivity index (χ3v) is 3.39. The number of hydrogen-bond donors (Lipinski definition) is 1. The molecule has 1 aromatic heterocycles. The van der Waals surface area contributed by atoms with Gasteiger partial charge in [-0.15, -0.1) is 0 Å². The molecule has 102 valence electrons. The Morgan fingerprint density at radius 2 is 1.79 bits per heavy atom. The van der Waals surface area contributed by atoms with Crippen molar-refractivity contribution in [3.05, 3.63) is 58.0 Å². The largest absolute Gasteiger partial charge is 0.453 e. The highest BCUT2D eigenvalue weighted by atomic mass is 79.9. The molecule has 0 aliphatic heterocycles. The topological polar surface area (TPSA) is 25.2 Å². The van der Waals surface area contributed by atoms with Crippen LogP contribution in [0.25, 0.3) is 0 Å². The third kappa shape index (κ3) is 3.42. The molecule has 0 aliphatic rings. The molecule has 0 aliphatic carbocycles. The van der Waals surface area contributed by atoms with Crippen LogP contribution in [0.3, 0.4) is 0 Å². The molecule has 2 atom stereocenters. The standard InChI is InChI=1S/C14H14BrF2NO/c1-8(10-3-4-11(16)12(17)7-10)18-9(2)13-5-6-14(15)19-13/h3-9,18H,1-2H3. The van der Waals surface area contributed by atoms with Gasteiger partial charge in [0.25, 0.3) is 0 Å². The van der Waals surface area contributed by atoms with E-state index in [0.717, 1.165) is 11.8 Å². The molecule has 0 radical (unpaired) electrons. The summed E-state index contributed by atoms with van der Waals surface area (Å²) in [5.74, 6) is -0.889. The first-order chi connectivity index (χ1) is 8.97. The molecular formula is C14H14BrF2NO. The first-order valence-corrected chi connectivity index (χ1v) is 6.73. The molecule has 2 nitrogen and oxygen atoms in total. The Bertz CT molecular complexity index is 570. The summed E-state index contributed by atoms with van der Waals surface area (Å²) in [5, 5.41) is 3.27. The molecule has 5 heteroatoms. The van der Waals surface area contributed by atoms with Crippen molar-refractivity contribution in [3.8, 4) is 0 Å². The van der Waals surface area contributed by atoms with E-state index >= 15 is 0 Å². The molecule has 1 aromatic carbocycles. The summed E-state index contributed by atoms with van der Waals surface area (Å²) in [6.07, 6.45) is 0. The lowest BCUT2D eigenvalue weighted by atomic mass is 10.1. The smallest absolute Gasteiger partial charge is 0.169 e. The van der Waals surface area contributed by atoms with Gasteiger partial charge in [-0.3, -0.25) is 0 Å². The lowest BCUT2D eigenvalue weighted by molar-refractivity contribution is 0.392. The Morgan fingerprint density at radius 3 is 2.37 bits per heavy atom.